The van der Waals surface area contributed by atoms with Gasteiger partial charge in [-0.25, -0.2) is 0 Å². The van der Waals surface area contributed by atoms with E-state index in [4.69, 9.17) is 9.84 Å². The number of benzene rings is 2. The second-order valence-electron chi connectivity index (χ2n) is 7.74. The number of hydrogen-bond donors (Lipinski definition) is 0. The van der Waals surface area contributed by atoms with Crippen LogP contribution in [0, 0.1) is 13.8 Å². The largest absolute Gasteiger partial charge is 0.496 e. The topological polar surface area (TPSA) is 30.3 Å². The monoisotopic (exact) mass is 375 g/mol. The average Bonchev–Trinajstić information content (AvgIpc) is 3.07. The van der Waals surface area contributed by atoms with Crippen LogP contribution in [0.2, 0.25) is 0 Å². The molecular weight excluding hydrogens is 346 g/mol. The summed E-state index contributed by atoms with van der Waals surface area (Å²) in [7, 11) is 1.74. The average molecular weight is 376 g/mol. The Bertz CT molecular complexity index is 939. The van der Waals surface area contributed by atoms with Crippen LogP contribution < -0.4 is 4.74 Å². The normalized spacial score (nSPS) is 15.7. The SMILES string of the molecule is COc1ccccc1-c1ccccc1CN1CCC(n2nc(C)cc2C)CC1. The van der Waals surface area contributed by atoms with Gasteiger partial charge in [-0.2, -0.15) is 5.10 Å². The van der Waals surface area contributed by atoms with E-state index in [1.165, 1.54) is 16.8 Å². The fraction of sp³-hybridized carbons (Fsp3) is 0.375. The van der Waals surface area contributed by atoms with Crippen molar-refractivity contribution >= 4 is 0 Å². The lowest BCUT2D eigenvalue weighted by atomic mass is 9.97. The van der Waals surface area contributed by atoms with E-state index in [1.807, 2.05) is 12.1 Å². The van der Waals surface area contributed by atoms with Crippen molar-refractivity contribution in [2.24, 2.45) is 0 Å². The first kappa shape index (κ1) is 18.8. The Hall–Kier alpha value is -2.59. The molecule has 0 saturated carbocycles. The third-order valence-electron chi connectivity index (χ3n) is 5.76. The highest BCUT2D eigenvalue weighted by molar-refractivity contribution is 5.73. The van der Waals surface area contributed by atoms with Gasteiger partial charge in [-0.05, 0) is 49.9 Å². The highest BCUT2D eigenvalue weighted by Gasteiger charge is 2.23. The van der Waals surface area contributed by atoms with Gasteiger partial charge in [0, 0.05) is 30.9 Å². The van der Waals surface area contributed by atoms with Crippen molar-refractivity contribution in [3.05, 3.63) is 71.5 Å². The Morgan fingerprint density at radius 2 is 1.64 bits per heavy atom. The number of para-hydroxylation sites is 1. The molecule has 4 heteroatoms. The minimum Gasteiger partial charge on any atom is -0.496 e. The Morgan fingerprint density at radius 1 is 0.964 bits per heavy atom. The summed E-state index contributed by atoms with van der Waals surface area (Å²) in [6.45, 7) is 7.41. The number of rotatable bonds is 5. The summed E-state index contributed by atoms with van der Waals surface area (Å²) in [6.07, 6.45) is 2.30. The van der Waals surface area contributed by atoms with E-state index in [-0.39, 0.29) is 0 Å². The van der Waals surface area contributed by atoms with E-state index in [2.05, 4.69) is 65.9 Å². The second-order valence-corrected chi connectivity index (χ2v) is 7.74. The van der Waals surface area contributed by atoms with Crippen molar-refractivity contribution in [1.29, 1.82) is 0 Å². The van der Waals surface area contributed by atoms with Gasteiger partial charge in [-0.15, -0.1) is 0 Å². The van der Waals surface area contributed by atoms with Crippen molar-refractivity contribution in [1.82, 2.24) is 14.7 Å². The Morgan fingerprint density at radius 3 is 2.32 bits per heavy atom. The Kier molecular flexibility index (Phi) is 5.49. The number of nitrogens with zero attached hydrogens (tertiary/aromatic N) is 3. The summed E-state index contributed by atoms with van der Waals surface area (Å²) in [5, 5.41) is 4.70. The molecule has 1 fully saturated rings. The fourth-order valence-electron chi connectivity index (χ4n) is 4.37. The molecule has 28 heavy (non-hydrogen) atoms. The number of hydrogen-bond acceptors (Lipinski definition) is 3. The van der Waals surface area contributed by atoms with Crippen molar-refractivity contribution in [3.63, 3.8) is 0 Å². The summed E-state index contributed by atoms with van der Waals surface area (Å²) in [4.78, 5) is 2.57. The smallest absolute Gasteiger partial charge is 0.126 e. The van der Waals surface area contributed by atoms with Gasteiger partial charge in [0.15, 0.2) is 0 Å². The molecule has 146 valence electrons. The van der Waals surface area contributed by atoms with Crippen LogP contribution in [0.4, 0.5) is 0 Å². The summed E-state index contributed by atoms with van der Waals surface area (Å²) in [6, 6.07) is 19.7. The van der Waals surface area contributed by atoms with Gasteiger partial charge in [-0.1, -0.05) is 42.5 Å². The summed E-state index contributed by atoms with van der Waals surface area (Å²) in [5.74, 6) is 0.929. The molecule has 0 aliphatic carbocycles. The lowest BCUT2D eigenvalue weighted by Crippen LogP contribution is -2.34. The molecule has 0 N–H and O–H groups in total. The lowest BCUT2D eigenvalue weighted by molar-refractivity contribution is 0.172. The first-order chi connectivity index (χ1) is 13.7. The zero-order valence-electron chi connectivity index (χ0n) is 17.1. The van der Waals surface area contributed by atoms with Gasteiger partial charge in [0.2, 0.25) is 0 Å². The molecule has 0 radical (unpaired) electrons. The summed E-state index contributed by atoms with van der Waals surface area (Å²) in [5.41, 5.74) is 6.18. The molecule has 0 unspecified atom stereocenters. The quantitative estimate of drug-likeness (QED) is 0.628. The van der Waals surface area contributed by atoms with E-state index < -0.39 is 0 Å². The van der Waals surface area contributed by atoms with Crippen LogP contribution in [0.3, 0.4) is 0 Å². The van der Waals surface area contributed by atoms with Crippen LogP contribution in [0.15, 0.2) is 54.6 Å². The molecule has 4 nitrogen and oxygen atoms in total. The van der Waals surface area contributed by atoms with Crippen molar-refractivity contribution in [2.45, 2.75) is 39.3 Å². The number of methoxy groups -OCH3 is 1. The number of aryl methyl sites for hydroxylation is 2. The fourth-order valence-corrected chi connectivity index (χ4v) is 4.37. The van der Waals surface area contributed by atoms with Crippen LogP contribution in [-0.2, 0) is 6.54 Å². The molecule has 2 aromatic carbocycles. The van der Waals surface area contributed by atoms with Crippen LogP contribution in [0.1, 0.15) is 35.8 Å². The molecule has 4 rings (SSSR count). The minimum absolute atomic E-state index is 0.523. The molecule has 1 saturated heterocycles. The van der Waals surface area contributed by atoms with Crippen molar-refractivity contribution < 1.29 is 4.74 Å². The van der Waals surface area contributed by atoms with Gasteiger partial charge in [-0.3, -0.25) is 9.58 Å². The van der Waals surface area contributed by atoms with E-state index in [1.54, 1.807) is 7.11 Å². The summed E-state index contributed by atoms with van der Waals surface area (Å²) < 4.78 is 7.83. The number of ether oxygens (including phenoxy) is 1. The second kappa shape index (κ2) is 8.19. The van der Waals surface area contributed by atoms with E-state index >= 15 is 0 Å². The first-order valence-electron chi connectivity index (χ1n) is 10.1. The number of piperidine rings is 1. The van der Waals surface area contributed by atoms with E-state index in [0.717, 1.165) is 49.5 Å². The highest BCUT2D eigenvalue weighted by atomic mass is 16.5. The van der Waals surface area contributed by atoms with Gasteiger partial charge in [0.05, 0.1) is 18.8 Å². The van der Waals surface area contributed by atoms with Gasteiger partial charge in [0.25, 0.3) is 0 Å². The molecule has 1 aromatic heterocycles. The van der Waals surface area contributed by atoms with E-state index in [9.17, 15) is 0 Å². The van der Waals surface area contributed by atoms with Crippen LogP contribution in [-0.4, -0.2) is 34.9 Å². The van der Waals surface area contributed by atoms with Gasteiger partial charge < -0.3 is 4.74 Å². The number of aromatic nitrogens is 2. The van der Waals surface area contributed by atoms with Crippen LogP contribution in [0.25, 0.3) is 11.1 Å². The molecule has 0 amide bonds. The van der Waals surface area contributed by atoms with Crippen LogP contribution in [0.5, 0.6) is 5.75 Å². The maximum absolute atomic E-state index is 5.60. The molecule has 0 atom stereocenters. The molecule has 3 aromatic rings. The minimum atomic E-state index is 0.523. The first-order valence-corrected chi connectivity index (χ1v) is 10.1. The predicted octanol–water partition coefficient (Wildman–Crippen LogP) is 5.01. The molecule has 2 heterocycles. The summed E-state index contributed by atoms with van der Waals surface area (Å²) >= 11 is 0. The maximum atomic E-state index is 5.60. The van der Waals surface area contributed by atoms with Crippen molar-refractivity contribution in [3.8, 4) is 16.9 Å². The molecule has 0 spiro atoms. The maximum Gasteiger partial charge on any atom is 0.126 e. The highest BCUT2D eigenvalue weighted by Crippen LogP contribution is 2.33. The van der Waals surface area contributed by atoms with Crippen molar-refractivity contribution in [2.75, 3.05) is 20.2 Å². The molecule has 1 aliphatic heterocycles. The molecule has 1 aliphatic rings. The van der Waals surface area contributed by atoms with Gasteiger partial charge in [0.1, 0.15) is 5.75 Å². The van der Waals surface area contributed by atoms with Gasteiger partial charge >= 0.3 is 0 Å². The zero-order valence-corrected chi connectivity index (χ0v) is 17.1. The van der Waals surface area contributed by atoms with Crippen LogP contribution >= 0.6 is 0 Å². The standard InChI is InChI=1S/C24H29N3O/c1-18-16-19(2)27(25-18)21-12-14-26(15-13-21)17-20-8-4-5-9-22(20)23-10-6-7-11-24(23)28-3/h4-11,16,21H,12-15,17H2,1-3H3. The number of likely N-dealkylation sites (tertiary alicyclic amines) is 1. The molecular formula is C24H29N3O. The third kappa shape index (κ3) is 3.83. The Balaban J connectivity index is 1.48. The molecule has 0 bridgehead atoms. The van der Waals surface area contributed by atoms with E-state index in [0.29, 0.717) is 6.04 Å². The Labute approximate surface area is 167 Å². The zero-order chi connectivity index (χ0) is 19.5. The predicted molar refractivity (Wildman–Crippen MR) is 114 cm³/mol. The lowest BCUT2D eigenvalue weighted by Gasteiger charge is -2.33. The third-order valence-corrected chi connectivity index (χ3v) is 5.76.